The molecule has 0 spiro atoms. The Bertz CT molecular complexity index is 245. The van der Waals surface area contributed by atoms with Crippen LogP contribution in [-0.4, -0.2) is 65.5 Å². The molecule has 21 heteroatoms. The normalized spacial score (nSPS) is 5.08. The molecule has 0 radical (unpaired) electrons. The van der Waals surface area contributed by atoms with E-state index in [2.05, 4.69) is 0 Å². The van der Waals surface area contributed by atoms with Crippen molar-refractivity contribution in [3.05, 3.63) is 0 Å². The van der Waals surface area contributed by atoms with Crippen LogP contribution in [0.2, 0.25) is 0 Å². The third-order valence-electron chi connectivity index (χ3n) is 0. The third-order valence-corrected chi connectivity index (χ3v) is 0. The van der Waals surface area contributed by atoms with Gasteiger partial charge in [0, 0.05) is 0 Å². The molecule has 0 unspecified atom stereocenters. The van der Waals surface area contributed by atoms with E-state index in [1.165, 1.54) is 0 Å². The predicted molar refractivity (Wildman–Crippen MR) is 39.9 cm³/mol. The van der Waals surface area contributed by atoms with Gasteiger partial charge < -0.3 is 75.0 Å². The number of carbonyl (C=O) groups excluding carboxylic acids is 5. The van der Waals surface area contributed by atoms with Crippen LogP contribution < -0.4 is 51.1 Å². The molecule has 0 fully saturated rings. The van der Waals surface area contributed by atoms with Crippen LogP contribution in [0.4, 0.5) is 24.0 Å². The minimum atomic E-state index is -2.33. The van der Waals surface area contributed by atoms with Gasteiger partial charge in [-0.1, -0.05) is 0 Å². The second-order valence-electron chi connectivity index (χ2n) is 1.25. The Morgan fingerprint density at radius 2 is 0.346 bits per heavy atom. The van der Waals surface area contributed by atoms with Crippen LogP contribution in [0.3, 0.4) is 0 Å². The fourth-order valence-electron chi connectivity index (χ4n) is 0. The Balaban J connectivity index is -0.0000000186. The second kappa shape index (κ2) is 65.0. The van der Waals surface area contributed by atoms with Crippen LogP contribution in [0.1, 0.15) is 0 Å². The van der Waals surface area contributed by atoms with Gasteiger partial charge >= 0.3 is 89.8 Å². The molecule has 136 valence electrons. The first-order valence-electron chi connectivity index (χ1n) is 3.47. The molecular weight excluding hydrogens is 568 g/mol. The summed E-state index contributed by atoms with van der Waals surface area (Å²) in [5.74, 6) is 0. The fraction of sp³-hybridized carbons (Fsp3) is 0. The van der Waals surface area contributed by atoms with E-state index >= 15 is 0 Å². The Morgan fingerprint density at radius 3 is 0.346 bits per heavy atom. The molecule has 0 rings (SSSR count). The molecule has 0 atom stereocenters. The summed E-state index contributed by atoms with van der Waals surface area (Å²) < 4.78 is 16.7. The van der Waals surface area contributed by atoms with E-state index in [0.717, 1.165) is 0 Å². The van der Waals surface area contributed by atoms with Gasteiger partial charge in [0.1, 0.15) is 0 Å². The molecule has 0 heterocycles. The maximum absolute atomic E-state index is 8.34. The zero-order valence-corrected chi connectivity index (χ0v) is 18.8. The van der Waals surface area contributed by atoms with Crippen LogP contribution in [0.25, 0.3) is 0 Å². The zero-order chi connectivity index (χ0) is 21.9. The Labute approximate surface area is 194 Å². The van der Waals surface area contributed by atoms with Crippen LogP contribution in [0, 0.1) is 0 Å². The Kier molecular flexibility index (Phi) is 141. The number of hydrogen-bond donors (Lipinski definition) is 0. The van der Waals surface area contributed by atoms with Gasteiger partial charge in [0.25, 0.3) is 0 Å². The molecule has 0 bridgehead atoms. The van der Waals surface area contributed by atoms with Crippen molar-refractivity contribution in [3.63, 3.8) is 0 Å². The van der Waals surface area contributed by atoms with Gasteiger partial charge in [-0.3, -0.25) is 0 Å². The van der Waals surface area contributed by atoms with E-state index in [1.807, 2.05) is 0 Å². The number of rotatable bonds is 0. The van der Waals surface area contributed by atoms with E-state index < -0.39 is 30.8 Å². The van der Waals surface area contributed by atoms with Gasteiger partial charge in [-0.05, 0) is 30.8 Å². The Hall–Kier alpha value is -1.22. The van der Waals surface area contributed by atoms with Gasteiger partial charge in [0.05, 0.1) is 0 Å². The SMILES string of the molecule is O=C([O-])[O-].O=C([O-])[O-].O=C([O-])[O-].O=C([O-])[O-].O=C([O-])[O-].[Al+3].[Al+3].[O]=[Zr+2].[O]=[Zr+2]. The van der Waals surface area contributed by atoms with E-state index in [4.69, 9.17) is 80.7 Å². The summed E-state index contributed by atoms with van der Waals surface area (Å²) >= 11 is 0.600. The monoisotopic (exact) mass is 566 g/mol. The number of carboxylic acid groups (broad SMARTS) is 10. The van der Waals surface area contributed by atoms with E-state index in [9.17, 15) is 0 Å². The summed E-state index contributed by atoms with van der Waals surface area (Å²) in [5, 5.41) is 83.3. The van der Waals surface area contributed by atoms with Crippen molar-refractivity contribution in [1.29, 1.82) is 0 Å². The van der Waals surface area contributed by atoms with Gasteiger partial charge in [-0.2, -0.15) is 0 Å². The van der Waals surface area contributed by atoms with Crippen LogP contribution >= 0.6 is 0 Å². The molecule has 0 aromatic heterocycles. The molecule has 0 aliphatic carbocycles. The van der Waals surface area contributed by atoms with Crippen molar-refractivity contribution < 1.29 is 130 Å². The van der Waals surface area contributed by atoms with Gasteiger partial charge in [-0.15, -0.1) is 0 Å². The summed E-state index contributed by atoms with van der Waals surface area (Å²) in [5.41, 5.74) is 0. The van der Waals surface area contributed by atoms with E-state index in [0.29, 0.717) is 49.4 Å². The summed E-state index contributed by atoms with van der Waals surface area (Å²) in [4.78, 5) is 41.7. The number of carbonyl (C=O) groups is 5. The third kappa shape index (κ3) is 7280. The topological polar surface area (TPSA) is 350 Å². The van der Waals surface area contributed by atoms with Gasteiger partial charge in [0.15, 0.2) is 0 Å². The van der Waals surface area contributed by atoms with Crippen molar-refractivity contribution in [2.75, 3.05) is 0 Å². The second-order valence-corrected chi connectivity index (χ2v) is 1.25. The summed E-state index contributed by atoms with van der Waals surface area (Å²) in [7, 11) is 0. The summed E-state index contributed by atoms with van der Waals surface area (Å²) in [6.07, 6.45) is -11.7. The van der Waals surface area contributed by atoms with Crippen molar-refractivity contribution in [2.45, 2.75) is 0 Å². The zero-order valence-electron chi connectivity index (χ0n) is 11.6. The first-order valence-corrected chi connectivity index (χ1v) is 5.48. The molecule has 26 heavy (non-hydrogen) atoms. The van der Waals surface area contributed by atoms with Crippen LogP contribution in [-0.2, 0) is 55.1 Å². The predicted octanol–water partition coefficient (Wildman–Crippen LogP) is -13.2. The molecule has 0 saturated carbocycles. The first kappa shape index (κ1) is 56.3. The molecule has 0 N–H and O–H groups in total. The average molecular weight is 568 g/mol. The molecule has 17 nitrogen and oxygen atoms in total. The van der Waals surface area contributed by atoms with Crippen molar-refractivity contribution in [3.8, 4) is 0 Å². The molecule has 0 saturated heterocycles. The van der Waals surface area contributed by atoms with Crippen molar-refractivity contribution in [1.82, 2.24) is 0 Å². The van der Waals surface area contributed by atoms with Crippen molar-refractivity contribution in [2.24, 2.45) is 0 Å². The molecule has 0 aliphatic heterocycles. The standard InChI is InChI=1S/5CH2O3.2Al.2O.2Zr/c5*2-1(3)4;;;;;;/h5*(H2,2,3,4);;;;;;/q;;;;;2*+3;;;2*+2/p-10. The quantitative estimate of drug-likeness (QED) is 0.245. The molecular formula is C5Al2O17Zr2. The van der Waals surface area contributed by atoms with Gasteiger partial charge in [0.2, 0.25) is 0 Å². The first-order chi connectivity index (χ1) is 10.7. The van der Waals surface area contributed by atoms with E-state index in [1.54, 1.807) is 0 Å². The summed E-state index contributed by atoms with van der Waals surface area (Å²) in [6, 6.07) is 0. The van der Waals surface area contributed by atoms with Crippen molar-refractivity contribution >= 4 is 65.5 Å². The van der Waals surface area contributed by atoms with Crippen LogP contribution in [0.5, 0.6) is 0 Å². The minimum absolute atomic E-state index is 0. The molecule has 0 aliphatic rings. The maximum atomic E-state index is 8.34. The average Bonchev–Trinajstić information content (AvgIpc) is 2.29. The molecule has 0 aromatic rings. The molecule has 0 aromatic carbocycles. The fourth-order valence-corrected chi connectivity index (χ4v) is 0. The van der Waals surface area contributed by atoms with E-state index in [-0.39, 0.29) is 34.7 Å². The van der Waals surface area contributed by atoms with Gasteiger partial charge in [-0.25, -0.2) is 0 Å². The van der Waals surface area contributed by atoms with Crippen LogP contribution in [0.15, 0.2) is 0 Å². The Morgan fingerprint density at radius 1 is 0.346 bits per heavy atom. The number of hydrogen-bond acceptors (Lipinski definition) is 17. The molecule has 0 amide bonds. The summed E-state index contributed by atoms with van der Waals surface area (Å²) in [6.45, 7) is 0.